The minimum Gasteiger partial charge on any atom is -0.494 e. The fourth-order valence-electron chi connectivity index (χ4n) is 4.99. The van der Waals surface area contributed by atoms with Gasteiger partial charge in [-0.15, -0.1) is 11.6 Å². The molecule has 0 saturated heterocycles. The number of rotatable bonds is 23. The normalized spacial score (nSPS) is 12.0. The average molecular weight is 571 g/mol. The number of hydrogen-bond donors (Lipinski definition) is 0. The molecule has 224 valence electrons. The van der Waals surface area contributed by atoms with Gasteiger partial charge in [-0.05, 0) is 54.2 Å². The van der Waals surface area contributed by atoms with Crippen molar-refractivity contribution in [2.45, 2.75) is 135 Å². The quantitative estimate of drug-likeness (QED) is 0.0576. The molecule has 0 spiro atoms. The number of hydrogen-bond acceptors (Lipinski definition) is 3. The zero-order valence-electron chi connectivity index (χ0n) is 25.6. The predicted octanol–water partition coefficient (Wildman–Crippen LogP) is 11.6. The summed E-state index contributed by atoms with van der Waals surface area (Å²) in [7, 11) is 0. The van der Waals surface area contributed by atoms with Gasteiger partial charge in [-0.3, -0.25) is 4.79 Å². The number of carbonyl (C=O) groups excluding carboxylic acids is 1. The van der Waals surface area contributed by atoms with Crippen LogP contribution in [-0.2, 0) is 4.79 Å². The van der Waals surface area contributed by atoms with Gasteiger partial charge in [-0.1, -0.05) is 141 Å². The van der Waals surface area contributed by atoms with E-state index in [1.165, 1.54) is 96.3 Å². The van der Waals surface area contributed by atoms with Crippen molar-refractivity contribution in [1.82, 2.24) is 0 Å². The topological polar surface area (TPSA) is 35.5 Å². The molecule has 1 unspecified atom stereocenters. The molecule has 40 heavy (non-hydrogen) atoms. The molecule has 0 fully saturated rings. The Hall–Kier alpha value is -2.00. The highest BCUT2D eigenvalue weighted by Gasteiger charge is 2.19. The van der Waals surface area contributed by atoms with Gasteiger partial charge in [0.1, 0.15) is 16.9 Å². The van der Waals surface area contributed by atoms with Crippen molar-refractivity contribution in [1.29, 1.82) is 0 Å². The van der Waals surface area contributed by atoms with Crippen LogP contribution in [0.2, 0.25) is 0 Å². The molecule has 3 nitrogen and oxygen atoms in total. The first-order valence-electron chi connectivity index (χ1n) is 16.2. The lowest BCUT2D eigenvalue weighted by atomic mass is 10.0. The maximum Gasteiger partial charge on any atom is 0.329 e. The number of alkyl halides is 1. The summed E-state index contributed by atoms with van der Waals surface area (Å²) in [6.45, 7) is 7.13. The number of esters is 1. The number of ether oxygens (including phenoxy) is 2. The third-order valence-corrected chi connectivity index (χ3v) is 7.82. The van der Waals surface area contributed by atoms with E-state index in [-0.39, 0.29) is 0 Å². The van der Waals surface area contributed by atoms with Crippen LogP contribution in [0.3, 0.4) is 0 Å². The van der Waals surface area contributed by atoms with Crippen molar-refractivity contribution in [3.63, 3.8) is 0 Å². The van der Waals surface area contributed by atoms with Crippen LogP contribution in [0.25, 0.3) is 11.1 Å². The smallest absolute Gasteiger partial charge is 0.329 e. The van der Waals surface area contributed by atoms with E-state index in [9.17, 15) is 4.79 Å². The van der Waals surface area contributed by atoms with Gasteiger partial charge in [0.2, 0.25) is 0 Å². The maximum absolute atomic E-state index is 12.1. The van der Waals surface area contributed by atoms with Crippen molar-refractivity contribution < 1.29 is 14.3 Å². The van der Waals surface area contributed by atoms with Crippen molar-refractivity contribution in [2.24, 2.45) is 5.92 Å². The summed E-state index contributed by atoms with van der Waals surface area (Å²) in [5.41, 5.74) is 2.16. The molecule has 2 aromatic rings. The third kappa shape index (κ3) is 15.7. The summed E-state index contributed by atoms with van der Waals surface area (Å²) in [4.78, 5) is 12.1. The second-order valence-corrected chi connectivity index (χ2v) is 12.2. The SMILES string of the molecule is CCCCCCCCCCCCCCCCCCOc1ccc(-c2ccc(OC(=O)C(Cl)CC(C)C)cc2)cc1. The van der Waals surface area contributed by atoms with Crippen LogP contribution in [0.4, 0.5) is 0 Å². The van der Waals surface area contributed by atoms with Crippen molar-refractivity contribution in [2.75, 3.05) is 6.61 Å². The van der Waals surface area contributed by atoms with Crippen LogP contribution in [0.1, 0.15) is 130 Å². The molecule has 0 aliphatic carbocycles. The lowest BCUT2D eigenvalue weighted by Crippen LogP contribution is -2.22. The van der Waals surface area contributed by atoms with E-state index in [0.717, 1.165) is 29.9 Å². The van der Waals surface area contributed by atoms with Crippen LogP contribution in [-0.4, -0.2) is 18.0 Å². The second-order valence-electron chi connectivity index (χ2n) is 11.7. The first-order chi connectivity index (χ1) is 19.5. The Morgan fingerprint density at radius 1 is 0.625 bits per heavy atom. The molecule has 0 heterocycles. The molecule has 2 rings (SSSR count). The number of carbonyl (C=O) groups is 1. The fraction of sp³-hybridized carbons (Fsp3) is 0.639. The summed E-state index contributed by atoms with van der Waals surface area (Å²) in [6.07, 6.45) is 22.7. The molecular formula is C36H55ClO3. The molecule has 0 amide bonds. The second kappa shape index (κ2) is 21.7. The highest BCUT2D eigenvalue weighted by atomic mass is 35.5. The third-order valence-electron chi connectivity index (χ3n) is 7.46. The molecule has 0 radical (unpaired) electrons. The van der Waals surface area contributed by atoms with Crippen LogP contribution in [0, 0.1) is 5.92 Å². The molecule has 0 aliphatic rings. The maximum atomic E-state index is 12.1. The van der Waals surface area contributed by atoms with E-state index in [1.807, 2.05) is 50.2 Å². The Morgan fingerprint density at radius 2 is 1.02 bits per heavy atom. The molecule has 0 aromatic heterocycles. The van der Waals surface area contributed by atoms with E-state index in [4.69, 9.17) is 21.1 Å². The Morgan fingerprint density at radius 3 is 1.45 bits per heavy atom. The summed E-state index contributed by atoms with van der Waals surface area (Å²) in [6, 6.07) is 15.7. The van der Waals surface area contributed by atoms with Crippen molar-refractivity contribution in [3.05, 3.63) is 48.5 Å². The van der Waals surface area contributed by atoms with Gasteiger partial charge >= 0.3 is 5.97 Å². The number of halogens is 1. The summed E-state index contributed by atoms with van der Waals surface area (Å²) in [5.74, 6) is 1.38. The highest BCUT2D eigenvalue weighted by Crippen LogP contribution is 2.25. The van der Waals surface area contributed by atoms with Gasteiger partial charge in [0.05, 0.1) is 6.61 Å². The summed E-state index contributed by atoms with van der Waals surface area (Å²) in [5, 5.41) is -0.619. The van der Waals surface area contributed by atoms with E-state index < -0.39 is 11.3 Å². The Balaban J connectivity index is 1.49. The number of unbranched alkanes of at least 4 members (excludes halogenated alkanes) is 15. The Labute approximate surface area is 250 Å². The fourth-order valence-corrected chi connectivity index (χ4v) is 5.39. The van der Waals surface area contributed by atoms with Crippen LogP contribution in [0.5, 0.6) is 11.5 Å². The molecule has 0 bridgehead atoms. The Bertz CT molecular complexity index is 891. The first-order valence-corrected chi connectivity index (χ1v) is 16.6. The first kappa shape index (κ1) is 34.2. The predicted molar refractivity (Wildman–Crippen MR) is 172 cm³/mol. The lowest BCUT2D eigenvalue weighted by molar-refractivity contribution is -0.134. The van der Waals surface area contributed by atoms with Crippen LogP contribution in [0.15, 0.2) is 48.5 Å². The molecule has 0 N–H and O–H groups in total. The zero-order valence-corrected chi connectivity index (χ0v) is 26.4. The number of benzene rings is 2. The molecular weight excluding hydrogens is 516 g/mol. The van der Waals surface area contributed by atoms with E-state index >= 15 is 0 Å². The highest BCUT2D eigenvalue weighted by molar-refractivity contribution is 6.30. The van der Waals surface area contributed by atoms with Gasteiger partial charge in [-0.25, -0.2) is 0 Å². The molecule has 2 aromatic carbocycles. The summed E-state index contributed by atoms with van der Waals surface area (Å²) < 4.78 is 11.4. The summed E-state index contributed by atoms with van der Waals surface area (Å²) >= 11 is 6.14. The van der Waals surface area contributed by atoms with Gasteiger partial charge in [0, 0.05) is 0 Å². The van der Waals surface area contributed by atoms with E-state index in [1.54, 1.807) is 0 Å². The largest absolute Gasteiger partial charge is 0.494 e. The standard InChI is InChI=1S/C36H55ClO3/c1-4-5-6-7-8-9-10-11-12-13-14-15-16-17-18-19-28-39-33-24-20-31(21-25-33)32-22-26-34(27-23-32)40-36(38)35(37)29-30(2)3/h20-27,30,35H,4-19,28-29H2,1-3H3. The van der Waals surface area contributed by atoms with Gasteiger partial charge in [0.25, 0.3) is 0 Å². The van der Waals surface area contributed by atoms with Gasteiger partial charge < -0.3 is 9.47 Å². The molecule has 4 heteroatoms. The van der Waals surface area contributed by atoms with Gasteiger partial charge in [0.15, 0.2) is 0 Å². The van der Waals surface area contributed by atoms with Crippen molar-refractivity contribution in [3.8, 4) is 22.6 Å². The zero-order chi connectivity index (χ0) is 28.8. The average Bonchev–Trinajstić information content (AvgIpc) is 2.95. The monoisotopic (exact) mass is 570 g/mol. The lowest BCUT2D eigenvalue weighted by Gasteiger charge is -2.12. The molecule has 0 aliphatic heterocycles. The van der Waals surface area contributed by atoms with Crippen LogP contribution < -0.4 is 9.47 Å². The molecule has 1 atom stereocenters. The Kier molecular flexibility index (Phi) is 18.6. The van der Waals surface area contributed by atoms with Crippen LogP contribution >= 0.6 is 11.6 Å². The van der Waals surface area contributed by atoms with Gasteiger partial charge in [-0.2, -0.15) is 0 Å². The van der Waals surface area contributed by atoms with E-state index in [2.05, 4.69) is 19.1 Å². The van der Waals surface area contributed by atoms with Crippen molar-refractivity contribution >= 4 is 17.6 Å². The van der Waals surface area contributed by atoms with E-state index in [0.29, 0.717) is 18.1 Å². The minimum atomic E-state index is -0.619. The minimum absolute atomic E-state index is 0.346. The molecule has 0 saturated carbocycles.